The van der Waals surface area contributed by atoms with Crippen molar-refractivity contribution in [1.82, 2.24) is 9.97 Å². The van der Waals surface area contributed by atoms with Gasteiger partial charge in [0.15, 0.2) is 5.78 Å². The minimum atomic E-state index is -0.887. The van der Waals surface area contributed by atoms with Crippen molar-refractivity contribution in [2.45, 2.75) is 30.8 Å². The van der Waals surface area contributed by atoms with Gasteiger partial charge in [-0.1, -0.05) is 29.8 Å². The van der Waals surface area contributed by atoms with Gasteiger partial charge in [-0.3, -0.25) is 9.59 Å². The van der Waals surface area contributed by atoms with Crippen molar-refractivity contribution in [2.75, 3.05) is 10.6 Å². The number of carbonyl (C=O) groups is 2. The molecule has 1 amide bonds. The van der Waals surface area contributed by atoms with Crippen LogP contribution in [0.3, 0.4) is 0 Å². The molecule has 1 aliphatic carbocycles. The topological polar surface area (TPSA) is 100 Å². The van der Waals surface area contributed by atoms with Gasteiger partial charge >= 0.3 is 0 Å². The van der Waals surface area contributed by atoms with E-state index in [0.29, 0.717) is 64.3 Å². The summed E-state index contributed by atoms with van der Waals surface area (Å²) in [6, 6.07) is 14.0. The lowest BCUT2D eigenvalue weighted by molar-refractivity contribution is -0.120. The molecule has 9 heteroatoms. The number of amides is 1. The second-order valence-corrected chi connectivity index (χ2v) is 9.45. The van der Waals surface area contributed by atoms with Crippen LogP contribution >= 0.6 is 11.6 Å². The number of rotatable bonds is 4. The van der Waals surface area contributed by atoms with Crippen molar-refractivity contribution < 1.29 is 14.3 Å². The van der Waals surface area contributed by atoms with Gasteiger partial charge < -0.3 is 25.2 Å². The number of benzene rings is 2. The predicted molar refractivity (Wildman–Crippen MR) is 137 cm³/mol. The lowest BCUT2D eigenvalue weighted by Gasteiger charge is -2.35. The number of ketones is 1. The number of ether oxygens (including phenoxy) is 1. The minimum Gasteiger partial charge on any atom is -0.457 e. The molecule has 2 atom stereocenters. The van der Waals surface area contributed by atoms with Crippen molar-refractivity contribution in [3.8, 4) is 11.5 Å². The molecule has 2 aliphatic rings. The molecule has 178 valence electrons. The molecule has 1 spiro atoms. The minimum absolute atomic E-state index is 0.178. The third kappa shape index (κ3) is 3.56. The monoisotopic (exact) mass is 497 g/mol. The number of para-hydroxylation sites is 1. The van der Waals surface area contributed by atoms with E-state index in [1.807, 2.05) is 30.3 Å². The molecule has 1 aliphatic heterocycles. The summed E-state index contributed by atoms with van der Waals surface area (Å²) in [6.07, 6.45) is 4.75. The molecule has 0 unspecified atom stereocenters. The Balaban J connectivity index is 1.37. The quantitative estimate of drug-likeness (QED) is 0.244. The number of hydrogen-bond donors (Lipinski definition) is 3. The van der Waals surface area contributed by atoms with Crippen LogP contribution < -0.4 is 15.4 Å². The first-order valence-electron chi connectivity index (χ1n) is 11.5. The van der Waals surface area contributed by atoms with Crippen molar-refractivity contribution in [3.63, 3.8) is 0 Å². The Morgan fingerprint density at radius 2 is 2.00 bits per heavy atom. The molecular weight excluding hydrogens is 478 g/mol. The Bertz CT molecular complexity index is 1580. The highest BCUT2D eigenvalue weighted by atomic mass is 35.5. The molecule has 6 rings (SSSR count). The van der Waals surface area contributed by atoms with E-state index >= 15 is 0 Å². The molecule has 1 saturated carbocycles. The van der Waals surface area contributed by atoms with Crippen molar-refractivity contribution in [1.29, 1.82) is 0 Å². The third-order valence-electron chi connectivity index (χ3n) is 6.83. The van der Waals surface area contributed by atoms with Gasteiger partial charge in [-0.05, 0) is 30.7 Å². The molecule has 4 aromatic rings. The van der Waals surface area contributed by atoms with Gasteiger partial charge in [-0.25, -0.2) is 11.6 Å². The number of pyridine rings is 1. The van der Waals surface area contributed by atoms with Gasteiger partial charge in [0.2, 0.25) is 11.9 Å². The first kappa shape index (κ1) is 22.1. The Hall–Kier alpha value is -4.35. The highest BCUT2D eigenvalue weighted by Gasteiger charge is 2.51. The molecular formula is C27H20ClN5O3. The zero-order valence-corrected chi connectivity index (χ0v) is 19.7. The van der Waals surface area contributed by atoms with Crippen LogP contribution in [0, 0.1) is 6.57 Å². The fraction of sp³-hybridized carbons (Fsp3) is 0.185. The van der Waals surface area contributed by atoms with E-state index in [-0.39, 0.29) is 22.8 Å². The molecule has 2 aromatic heterocycles. The van der Waals surface area contributed by atoms with E-state index in [1.165, 1.54) is 0 Å². The molecule has 36 heavy (non-hydrogen) atoms. The predicted octanol–water partition coefficient (Wildman–Crippen LogP) is 5.81. The maximum atomic E-state index is 13.6. The van der Waals surface area contributed by atoms with E-state index < -0.39 is 5.54 Å². The molecule has 0 radical (unpaired) electrons. The summed E-state index contributed by atoms with van der Waals surface area (Å²) in [6.45, 7) is 7.39. The summed E-state index contributed by atoms with van der Waals surface area (Å²) < 4.78 is 5.83. The third-order valence-corrected chi connectivity index (χ3v) is 7.14. The van der Waals surface area contributed by atoms with Crippen molar-refractivity contribution >= 4 is 45.7 Å². The summed E-state index contributed by atoms with van der Waals surface area (Å²) in [5.41, 5.74) is 1.44. The normalized spacial score (nSPS) is 20.4. The first-order valence-corrected chi connectivity index (χ1v) is 11.9. The largest absolute Gasteiger partial charge is 0.457 e. The number of anilines is 2. The van der Waals surface area contributed by atoms with E-state index in [4.69, 9.17) is 22.9 Å². The van der Waals surface area contributed by atoms with Crippen LogP contribution in [0.25, 0.3) is 15.9 Å². The highest BCUT2D eigenvalue weighted by molar-refractivity contribution is 6.36. The fourth-order valence-electron chi connectivity index (χ4n) is 5.00. The van der Waals surface area contributed by atoms with Gasteiger partial charge in [-0.15, -0.1) is 0 Å². The summed E-state index contributed by atoms with van der Waals surface area (Å²) >= 11 is 6.52. The smallest absolute Gasteiger partial charge is 0.250 e. The summed E-state index contributed by atoms with van der Waals surface area (Å²) in [5, 5.41) is 7.16. The zero-order valence-electron chi connectivity index (χ0n) is 19.0. The first-order chi connectivity index (χ1) is 17.5. The van der Waals surface area contributed by atoms with Crippen LogP contribution in [0.1, 0.15) is 35.2 Å². The summed E-state index contributed by atoms with van der Waals surface area (Å²) in [4.78, 5) is 37.7. The zero-order chi connectivity index (χ0) is 24.9. The van der Waals surface area contributed by atoms with Crippen LogP contribution in [0.5, 0.6) is 11.5 Å². The lowest BCUT2D eigenvalue weighted by Crippen LogP contribution is -2.51. The van der Waals surface area contributed by atoms with Gasteiger partial charge in [0.25, 0.3) is 0 Å². The standard InChI is InChI=1S/C27H20ClN5O3/c1-29-15-9-10-27(12-15)26(35)32-21-14-31-25-22(23(21)33-27)19(13-30-25)24(34)18-8-7-17(11-20(18)28)36-16-5-3-2-4-6-16/h2-8,11,13-15,33H,9-10,12H2,(H,30,31)(H,32,35)/t15-,27-/m0/s1. The second-order valence-electron chi connectivity index (χ2n) is 9.05. The van der Waals surface area contributed by atoms with Crippen LogP contribution in [-0.2, 0) is 4.79 Å². The number of aromatic nitrogens is 2. The number of nitrogens with zero attached hydrogens (tertiary/aromatic N) is 2. The van der Waals surface area contributed by atoms with E-state index in [2.05, 4.69) is 25.4 Å². The van der Waals surface area contributed by atoms with Crippen LogP contribution in [0.2, 0.25) is 5.02 Å². The number of nitrogens with one attached hydrogen (secondary N) is 3. The molecule has 1 fully saturated rings. The summed E-state index contributed by atoms with van der Waals surface area (Å²) in [5.74, 6) is 0.715. The maximum Gasteiger partial charge on any atom is 0.250 e. The number of H-pyrrole nitrogens is 1. The summed E-state index contributed by atoms with van der Waals surface area (Å²) in [7, 11) is 0. The average Bonchev–Trinajstić information content (AvgIpc) is 3.51. The van der Waals surface area contributed by atoms with Gasteiger partial charge in [0.05, 0.1) is 40.0 Å². The van der Waals surface area contributed by atoms with Crippen LogP contribution in [0.4, 0.5) is 11.4 Å². The number of fused-ring (bicyclic) bond motifs is 3. The maximum absolute atomic E-state index is 13.6. The van der Waals surface area contributed by atoms with E-state index in [1.54, 1.807) is 30.6 Å². The molecule has 0 saturated heterocycles. The Kier molecular flexibility index (Phi) is 5.16. The Labute approximate surface area is 211 Å². The molecule has 0 bridgehead atoms. The van der Waals surface area contributed by atoms with Crippen molar-refractivity contribution in [3.05, 3.63) is 88.5 Å². The number of halogens is 1. The Morgan fingerprint density at radius 3 is 2.75 bits per heavy atom. The number of carbonyl (C=O) groups excluding carboxylic acids is 2. The lowest BCUT2D eigenvalue weighted by atomic mass is 9.91. The molecule has 3 heterocycles. The second kappa shape index (κ2) is 8.40. The number of hydrogen-bond acceptors (Lipinski definition) is 5. The molecule has 2 aromatic carbocycles. The Morgan fingerprint density at radius 1 is 1.17 bits per heavy atom. The van der Waals surface area contributed by atoms with E-state index in [0.717, 1.165) is 0 Å². The van der Waals surface area contributed by atoms with Gasteiger partial charge in [0, 0.05) is 24.2 Å². The van der Waals surface area contributed by atoms with Crippen LogP contribution in [0.15, 0.2) is 60.9 Å². The molecule has 8 nitrogen and oxygen atoms in total. The average molecular weight is 498 g/mol. The SMILES string of the molecule is [C-]#[N+][C@H]1CC[C@@]2(C1)Nc1c(cnc3[nH]cc(C(=O)c4ccc(Oc5ccccc5)cc4Cl)c13)NC2=O. The highest BCUT2D eigenvalue weighted by Crippen LogP contribution is 2.44. The van der Waals surface area contributed by atoms with Crippen LogP contribution in [-0.4, -0.2) is 33.2 Å². The van der Waals surface area contributed by atoms with Gasteiger partial charge in [-0.2, -0.15) is 0 Å². The number of aromatic amines is 1. The van der Waals surface area contributed by atoms with E-state index in [9.17, 15) is 9.59 Å². The van der Waals surface area contributed by atoms with Crippen molar-refractivity contribution in [2.24, 2.45) is 0 Å². The van der Waals surface area contributed by atoms with Gasteiger partial charge in [0.1, 0.15) is 22.7 Å². The fourth-order valence-corrected chi connectivity index (χ4v) is 5.26. The molecule has 3 N–H and O–H groups in total.